The average molecular weight is 306 g/mol. The van der Waals surface area contributed by atoms with Gasteiger partial charge in [-0.3, -0.25) is 14.5 Å². The van der Waals surface area contributed by atoms with E-state index < -0.39 is 0 Å². The van der Waals surface area contributed by atoms with Crippen LogP contribution < -0.4 is 0 Å². The molecule has 18 heavy (non-hydrogen) atoms. The molecule has 90 valence electrons. The molecule has 3 heterocycles. The fourth-order valence-electron chi connectivity index (χ4n) is 2.00. The lowest BCUT2D eigenvalue weighted by Gasteiger charge is -2.05. The summed E-state index contributed by atoms with van der Waals surface area (Å²) in [6.45, 7) is 0. The molecule has 0 unspecified atom stereocenters. The standard InChI is InChI=1S/C12H8BrN3O2/c1-16-11(17)8(9(13)12(16)18)7-5-15-10-6(7)3-2-4-14-10/h2-5H,1H3,(H,14,15). The summed E-state index contributed by atoms with van der Waals surface area (Å²) < 4.78 is 0.291. The molecule has 1 aliphatic rings. The number of likely N-dealkylation sites (N-methyl/N-ethyl adjacent to an activating group) is 1. The molecule has 0 aromatic carbocycles. The number of nitrogens with zero attached hydrogens (tertiary/aromatic N) is 2. The Bertz CT molecular complexity index is 717. The fourth-order valence-corrected chi connectivity index (χ4v) is 2.65. The molecule has 1 aliphatic heterocycles. The molecule has 0 aliphatic carbocycles. The Kier molecular flexibility index (Phi) is 2.34. The monoisotopic (exact) mass is 305 g/mol. The smallest absolute Gasteiger partial charge is 0.268 e. The minimum atomic E-state index is -0.326. The molecule has 0 atom stereocenters. The first-order valence-electron chi connectivity index (χ1n) is 5.26. The predicted molar refractivity (Wildman–Crippen MR) is 69.7 cm³/mol. The number of imide groups is 1. The van der Waals surface area contributed by atoms with Crippen LogP contribution in [-0.4, -0.2) is 33.7 Å². The van der Waals surface area contributed by atoms with Crippen molar-refractivity contribution >= 4 is 44.4 Å². The number of hydrogen-bond donors (Lipinski definition) is 1. The lowest BCUT2D eigenvalue weighted by molar-refractivity contribution is -0.134. The molecule has 1 N–H and O–H groups in total. The minimum absolute atomic E-state index is 0.291. The highest BCUT2D eigenvalue weighted by Crippen LogP contribution is 2.34. The van der Waals surface area contributed by atoms with E-state index in [4.69, 9.17) is 0 Å². The molecule has 0 fully saturated rings. The topological polar surface area (TPSA) is 66.1 Å². The molecular formula is C12H8BrN3O2. The Morgan fingerprint density at radius 3 is 2.78 bits per heavy atom. The van der Waals surface area contributed by atoms with Gasteiger partial charge in [-0.05, 0) is 28.1 Å². The normalized spacial score (nSPS) is 16.2. The SMILES string of the molecule is CN1C(=O)C(Br)=C(c2c[nH]c3ncccc23)C1=O. The number of fused-ring (bicyclic) bond motifs is 1. The van der Waals surface area contributed by atoms with Gasteiger partial charge >= 0.3 is 0 Å². The maximum Gasteiger partial charge on any atom is 0.268 e. The molecule has 0 saturated heterocycles. The van der Waals surface area contributed by atoms with E-state index in [1.807, 2.05) is 6.07 Å². The summed E-state index contributed by atoms with van der Waals surface area (Å²) in [6.07, 6.45) is 3.36. The summed E-state index contributed by atoms with van der Waals surface area (Å²) in [7, 11) is 1.46. The predicted octanol–water partition coefficient (Wildman–Crippen LogP) is 1.67. The Morgan fingerprint density at radius 2 is 2.11 bits per heavy atom. The number of carbonyl (C=O) groups excluding carboxylic acids is 2. The molecular weight excluding hydrogens is 298 g/mol. The summed E-state index contributed by atoms with van der Waals surface area (Å²) in [5.74, 6) is -0.634. The number of amides is 2. The summed E-state index contributed by atoms with van der Waals surface area (Å²) >= 11 is 3.19. The van der Waals surface area contributed by atoms with Crippen LogP contribution in [0.5, 0.6) is 0 Å². The van der Waals surface area contributed by atoms with Gasteiger partial charge in [0.15, 0.2) is 0 Å². The average Bonchev–Trinajstić information content (AvgIpc) is 2.87. The van der Waals surface area contributed by atoms with Gasteiger partial charge in [-0.2, -0.15) is 0 Å². The number of nitrogens with one attached hydrogen (secondary N) is 1. The van der Waals surface area contributed by atoms with Crippen molar-refractivity contribution in [1.29, 1.82) is 0 Å². The number of pyridine rings is 1. The van der Waals surface area contributed by atoms with E-state index in [0.717, 1.165) is 10.3 Å². The molecule has 6 heteroatoms. The third-order valence-electron chi connectivity index (χ3n) is 2.95. The molecule has 2 aromatic rings. The third-order valence-corrected chi connectivity index (χ3v) is 3.69. The van der Waals surface area contributed by atoms with Crippen molar-refractivity contribution in [3.05, 3.63) is 34.6 Å². The van der Waals surface area contributed by atoms with Gasteiger partial charge in [-0.15, -0.1) is 0 Å². The summed E-state index contributed by atoms with van der Waals surface area (Å²) in [6, 6.07) is 3.65. The van der Waals surface area contributed by atoms with Crippen molar-refractivity contribution in [3.63, 3.8) is 0 Å². The van der Waals surface area contributed by atoms with E-state index in [1.54, 1.807) is 18.5 Å². The van der Waals surface area contributed by atoms with Crippen LogP contribution in [-0.2, 0) is 9.59 Å². The van der Waals surface area contributed by atoms with Crippen molar-refractivity contribution < 1.29 is 9.59 Å². The Morgan fingerprint density at radius 1 is 1.33 bits per heavy atom. The van der Waals surface area contributed by atoms with Crippen molar-refractivity contribution in [2.45, 2.75) is 0 Å². The van der Waals surface area contributed by atoms with Crippen molar-refractivity contribution in [2.24, 2.45) is 0 Å². The molecule has 3 rings (SSSR count). The first-order valence-corrected chi connectivity index (χ1v) is 6.05. The van der Waals surface area contributed by atoms with Gasteiger partial charge < -0.3 is 4.98 Å². The summed E-state index contributed by atoms with van der Waals surface area (Å²) in [5, 5.41) is 0.820. The summed E-state index contributed by atoms with van der Waals surface area (Å²) in [4.78, 5) is 32.0. The van der Waals surface area contributed by atoms with Gasteiger partial charge in [0, 0.05) is 30.4 Å². The second kappa shape index (κ2) is 3.78. The van der Waals surface area contributed by atoms with Crippen molar-refractivity contribution in [1.82, 2.24) is 14.9 Å². The third kappa shape index (κ3) is 1.35. The van der Waals surface area contributed by atoms with Gasteiger partial charge in [0.25, 0.3) is 11.8 Å². The van der Waals surface area contributed by atoms with Crippen molar-refractivity contribution in [2.75, 3.05) is 7.05 Å². The number of aromatic amines is 1. The van der Waals surface area contributed by atoms with E-state index in [-0.39, 0.29) is 11.8 Å². The van der Waals surface area contributed by atoms with Gasteiger partial charge in [0.2, 0.25) is 0 Å². The first kappa shape index (κ1) is 11.2. The number of carbonyl (C=O) groups is 2. The number of rotatable bonds is 1. The molecule has 2 aromatic heterocycles. The van der Waals surface area contributed by atoms with Crippen LogP contribution in [0.4, 0.5) is 0 Å². The first-order chi connectivity index (χ1) is 8.61. The largest absolute Gasteiger partial charge is 0.346 e. The van der Waals surface area contributed by atoms with Gasteiger partial charge in [-0.25, -0.2) is 4.98 Å². The lowest BCUT2D eigenvalue weighted by Crippen LogP contribution is -2.26. The van der Waals surface area contributed by atoms with Crippen LogP contribution in [0.15, 0.2) is 29.0 Å². The number of aromatic nitrogens is 2. The Labute approximate surface area is 111 Å². The Balaban J connectivity index is 2.28. The second-order valence-corrected chi connectivity index (χ2v) is 4.75. The van der Waals surface area contributed by atoms with E-state index in [9.17, 15) is 9.59 Å². The molecule has 0 saturated carbocycles. The highest BCUT2D eigenvalue weighted by molar-refractivity contribution is 9.12. The number of hydrogen-bond acceptors (Lipinski definition) is 3. The quantitative estimate of drug-likeness (QED) is 0.815. The van der Waals surface area contributed by atoms with Crippen LogP contribution in [0.25, 0.3) is 16.6 Å². The zero-order chi connectivity index (χ0) is 12.9. The van der Waals surface area contributed by atoms with Crippen LogP contribution in [0.2, 0.25) is 0 Å². The van der Waals surface area contributed by atoms with E-state index in [0.29, 0.717) is 21.3 Å². The number of H-pyrrole nitrogens is 1. The molecule has 0 radical (unpaired) electrons. The van der Waals surface area contributed by atoms with Crippen molar-refractivity contribution in [3.8, 4) is 0 Å². The summed E-state index contributed by atoms with van der Waals surface area (Å²) in [5.41, 5.74) is 1.75. The van der Waals surface area contributed by atoms with Crippen LogP contribution in [0.3, 0.4) is 0 Å². The maximum absolute atomic E-state index is 12.1. The van der Waals surface area contributed by atoms with Gasteiger partial charge in [0.05, 0.1) is 10.1 Å². The Hall–Kier alpha value is -1.95. The van der Waals surface area contributed by atoms with Crippen LogP contribution in [0, 0.1) is 0 Å². The van der Waals surface area contributed by atoms with Gasteiger partial charge in [-0.1, -0.05) is 0 Å². The second-order valence-electron chi connectivity index (χ2n) is 3.96. The lowest BCUT2D eigenvalue weighted by atomic mass is 10.1. The van der Waals surface area contributed by atoms with E-state index in [1.165, 1.54) is 7.05 Å². The van der Waals surface area contributed by atoms with E-state index in [2.05, 4.69) is 25.9 Å². The maximum atomic E-state index is 12.1. The zero-order valence-corrected chi connectivity index (χ0v) is 11.0. The van der Waals surface area contributed by atoms with Crippen LogP contribution >= 0.6 is 15.9 Å². The number of halogens is 1. The molecule has 0 spiro atoms. The minimum Gasteiger partial charge on any atom is -0.346 e. The highest BCUT2D eigenvalue weighted by Gasteiger charge is 2.36. The molecule has 2 amide bonds. The molecule has 0 bridgehead atoms. The van der Waals surface area contributed by atoms with E-state index >= 15 is 0 Å². The molecule has 5 nitrogen and oxygen atoms in total. The fraction of sp³-hybridized carbons (Fsp3) is 0.0833. The highest BCUT2D eigenvalue weighted by atomic mass is 79.9. The van der Waals surface area contributed by atoms with Crippen LogP contribution in [0.1, 0.15) is 5.56 Å². The zero-order valence-electron chi connectivity index (χ0n) is 9.40. The van der Waals surface area contributed by atoms with Gasteiger partial charge in [0.1, 0.15) is 5.65 Å².